The number of ether oxygens (including phenoxy) is 2. The van der Waals surface area contributed by atoms with E-state index in [-0.39, 0.29) is 12.8 Å². The van der Waals surface area contributed by atoms with Crippen molar-refractivity contribution < 1.29 is 47.8 Å². The number of unbranched alkanes of at least 4 members (excludes halogenated alkanes) is 19. The van der Waals surface area contributed by atoms with Gasteiger partial charge in [-0.2, -0.15) is 0 Å². The minimum Gasteiger partial charge on any atom is -0.457 e. The Bertz CT molecular complexity index is 1160. The maximum Gasteiger partial charge on any atom is 0.472 e. The van der Waals surface area contributed by atoms with E-state index in [2.05, 4.69) is 74.6 Å². The highest BCUT2D eigenvalue weighted by atomic mass is 31.2. The molecule has 0 aliphatic rings. The van der Waals surface area contributed by atoms with Crippen LogP contribution in [0.15, 0.2) is 60.8 Å². The van der Waals surface area contributed by atoms with Crippen molar-refractivity contribution in [1.82, 2.24) is 0 Å². The molecule has 0 spiro atoms. The van der Waals surface area contributed by atoms with Crippen molar-refractivity contribution in [1.29, 1.82) is 0 Å². The maximum absolute atomic E-state index is 12.4. The highest BCUT2D eigenvalue weighted by Crippen LogP contribution is 2.43. The fraction of sp³-hybridized carbons (Fsp3) is 0.750. The summed E-state index contributed by atoms with van der Waals surface area (Å²) in [6.45, 7) is 2.07. The summed E-state index contributed by atoms with van der Waals surface area (Å²) in [6.07, 6.45) is 49.0. The number of phosphoric acid groups is 1. The Morgan fingerprint density at radius 3 is 1.17 bits per heavy atom. The summed E-state index contributed by atoms with van der Waals surface area (Å²) in [5.74, 6) is -1.05. The van der Waals surface area contributed by atoms with Crippen LogP contribution in [0, 0.1) is 0 Å². The lowest BCUT2D eigenvalue weighted by atomic mass is 10.1. The number of aliphatic hydroxyl groups excluding tert-OH is 2. The van der Waals surface area contributed by atoms with E-state index in [0.717, 1.165) is 70.6 Å². The summed E-state index contributed by atoms with van der Waals surface area (Å²) < 4.78 is 32.6. The van der Waals surface area contributed by atoms with Gasteiger partial charge in [0.25, 0.3) is 0 Å². The number of carbonyl (C=O) groups excluding carboxylic acids is 2. The molecule has 11 heteroatoms. The van der Waals surface area contributed by atoms with Crippen molar-refractivity contribution in [3.8, 4) is 0 Å². The molecule has 0 rings (SSSR count). The molecule has 342 valence electrons. The highest BCUT2D eigenvalue weighted by molar-refractivity contribution is 7.47. The Hall–Kier alpha value is -2.33. The van der Waals surface area contributed by atoms with Crippen LogP contribution in [-0.4, -0.2) is 65.7 Å². The van der Waals surface area contributed by atoms with Crippen LogP contribution in [0.5, 0.6) is 0 Å². The molecular weight excluding hydrogens is 767 g/mol. The van der Waals surface area contributed by atoms with E-state index in [1.54, 1.807) is 0 Å². The first-order valence-electron chi connectivity index (χ1n) is 23.2. The molecule has 0 heterocycles. The first-order valence-corrected chi connectivity index (χ1v) is 24.7. The zero-order valence-electron chi connectivity index (χ0n) is 37.2. The van der Waals surface area contributed by atoms with Crippen LogP contribution >= 0.6 is 7.82 Å². The number of aliphatic hydroxyl groups is 2. The van der Waals surface area contributed by atoms with Crippen molar-refractivity contribution in [2.24, 2.45) is 0 Å². The van der Waals surface area contributed by atoms with E-state index >= 15 is 0 Å². The fourth-order valence-corrected chi connectivity index (χ4v) is 6.94. The van der Waals surface area contributed by atoms with Gasteiger partial charge < -0.3 is 24.6 Å². The quantitative estimate of drug-likeness (QED) is 0.0234. The topological polar surface area (TPSA) is 149 Å². The van der Waals surface area contributed by atoms with Crippen LogP contribution in [-0.2, 0) is 32.7 Å². The second kappa shape index (κ2) is 43.7. The number of carbonyl (C=O) groups is 2. The third-order valence-electron chi connectivity index (χ3n) is 9.71. The average molecular weight is 853 g/mol. The Morgan fingerprint density at radius 1 is 0.475 bits per heavy atom. The van der Waals surface area contributed by atoms with E-state index in [1.165, 1.54) is 83.5 Å². The van der Waals surface area contributed by atoms with Gasteiger partial charge in [0.1, 0.15) is 12.2 Å². The second-order valence-electron chi connectivity index (χ2n) is 15.4. The van der Waals surface area contributed by atoms with Gasteiger partial charge in [0.05, 0.1) is 26.4 Å². The minimum absolute atomic E-state index is 0.162. The van der Waals surface area contributed by atoms with E-state index < -0.39 is 58.4 Å². The number of esters is 2. The van der Waals surface area contributed by atoms with Crippen molar-refractivity contribution in [2.75, 3.05) is 26.4 Å². The largest absolute Gasteiger partial charge is 0.472 e. The Balaban J connectivity index is 3.92. The molecule has 0 radical (unpaired) electrons. The van der Waals surface area contributed by atoms with Crippen LogP contribution in [0.1, 0.15) is 194 Å². The maximum atomic E-state index is 12.4. The zero-order chi connectivity index (χ0) is 43.3. The first kappa shape index (κ1) is 56.7. The molecule has 59 heavy (non-hydrogen) atoms. The first-order chi connectivity index (χ1) is 28.8. The van der Waals surface area contributed by atoms with Crippen LogP contribution in [0.25, 0.3) is 0 Å². The van der Waals surface area contributed by atoms with Crippen LogP contribution in [0.4, 0.5) is 0 Å². The number of rotatable bonds is 43. The van der Waals surface area contributed by atoms with E-state index in [4.69, 9.17) is 18.5 Å². The van der Waals surface area contributed by atoms with E-state index in [0.29, 0.717) is 12.8 Å². The summed E-state index contributed by atoms with van der Waals surface area (Å²) in [4.78, 5) is 34.6. The predicted molar refractivity (Wildman–Crippen MR) is 242 cm³/mol. The van der Waals surface area contributed by atoms with Crippen molar-refractivity contribution in [3.05, 3.63) is 60.8 Å². The van der Waals surface area contributed by atoms with E-state index in [1.807, 2.05) is 0 Å². The minimum atomic E-state index is -4.65. The van der Waals surface area contributed by atoms with Gasteiger partial charge in [0, 0.05) is 12.8 Å². The standard InChI is InChI=1S/C48H85O10P/c1-3-5-7-9-11-13-15-17-19-21-22-24-26-28-30-32-34-36-38-40-48(52)58-46(42-50)44-56-59(53,54)55-43-45(41-49)57-47(51)39-37-35-33-31-29-27-25-23-20-18-16-14-12-10-8-6-4-2/h6,8,12,14,17-20,25,27,45-46,49-50H,3-5,7,9-11,13,15-16,21-24,26,28-44H2,1-2H3,(H,53,54)/b8-6-,14-12-,19-17-,20-18-,27-25-. The van der Waals surface area contributed by atoms with Crippen molar-refractivity contribution in [3.63, 3.8) is 0 Å². The van der Waals surface area contributed by atoms with Crippen molar-refractivity contribution in [2.45, 2.75) is 206 Å². The molecule has 0 fully saturated rings. The number of hydrogen-bond acceptors (Lipinski definition) is 9. The molecule has 0 bridgehead atoms. The van der Waals surface area contributed by atoms with Crippen molar-refractivity contribution >= 4 is 19.8 Å². The van der Waals surface area contributed by atoms with Gasteiger partial charge in [-0.3, -0.25) is 18.6 Å². The Morgan fingerprint density at radius 2 is 0.797 bits per heavy atom. The summed E-state index contributed by atoms with van der Waals surface area (Å²) in [5.41, 5.74) is 0. The van der Waals surface area contributed by atoms with Crippen LogP contribution in [0.3, 0.4) is 0 Å². The predicted octanol–water partition coefficient (Wildman–Crippen LogP) is 12.7. The average Bonchev–Trinajstić information content (AvgIpc) is 3.22. The van der Waals surface area contributed by atoms with Gasteiger partial charge in [-0.15, -0.1) is 0 Å². The Kier molecular flexibility index (Phi) is 42.0. The van der Waals surface area contributed by atoms with Crippen LogP contribution in [0.2, 0.25) is 0 Å². The lowest BCUT2D eigenvalue weighted by Gasteiger charge is -2.20. The normalized spacial score (nSPS) is 14.3. The third kappa shape index (κ3) is 42.2. The van der Waals surface area contributed by atoms with E-state index in [9.17, 15) is 29.3 Å². The lowest BCUT2D eigenvalue weighted by molar-refractivity contribution is -0.153. The molecule has 10 nitrogen and oxygen atoms in total. The van der Waals surface area contributed by atoms with Crippen LogP contribution < -0.4 is 0 Å². The summed E-state index contributed by atoms with van der Waals surface area (Å²) in [5, 5.41) is 19.2. The zero-order valence-corrected chi connectivity index (χ0v) is 38.1. The highest BCUT2D eigenvalue weighted by Gasteiger charge is 2.27. The third-order valence-corrected chi connectivity index (χ3v) is 10.7. The SMILES string of the molecule is CC/C=C\C/C=C\C/C=C\C/C=C\CCCCCCC(=O)OC(CO)COP(=O)(O)OCC(CO)OC(=O)CCCCCCCCCCC/C=C\CCCCCCCC. The smallest absolute Gasteiger partial charge is 0.457 e. The van der Waals surface area contributed by atoms with Gasteiger partial charge in [0.2, 0.25) is 0 Å². The molecule has 3 N–H and O–H groups in total. The number of phosphoric ester groups is 1. The summed E-state index contributed by atoms with van der Waals surface area (Å²) in [7, 11) is -4.65. The van der Waals surface area contributed by atoms with Gasteiger partial charge in [-0.1, -0.05) is 164 Å². The monoisotopic (exact) mass is 853 g/mol. The molecule has 0 saturated carbocycles. The van der Waals surface area contributed by atoms with Gasteiger partial charge in [0.15, 0.2) is 0 Å². The molecule has 3 atom stereocenters. The molecule has 0 aromatic carbocycles. The molecule has 0 aliphatic heterocycles. The lowest BCUT2D eigenvalue weighted by Crippen LogP contribution is -2.28. The van der Waals surface area contributed by atoms with Gasteiger partial charge in [-0.05, 0) is 77.0 Å². The molecule has 0 aromatic rings. The fourth-order valence-electron chi connectivity index (χ4n) is 6.16. The molecule has 0 saturated heterocycles. The second-order valence-corrected chi connectivity index (χ2v) is 16.8. The molecule has 0 amide bonds. The van der Waals surface area contributed by atoms with Gasteiger partial charge in [-0.25, -0.2) is 4.57 Å². The molecule has 0 aliphatic carbocycles. The number of hydrogen-bond donors (Lipinski definition) is 3. The Labute approximate surface area is 359 Å². The summed E-state index contributed by atoms with van der Waals surface area (Å²) in [6, 6.07) is 0. The molecule has 3 unspecified atom stereocenters. The van der Waals surface area contributed by atoms with Gasteiger partial charge >= 0.3 is 19.8 Å². The summed E-state index contributed by atoms with van der Waals surface area (Å²) >= 11 is 0. The molecule has 0 aromatic heterocycles. The molecular formula is C48H85O10P. The number of allylic oxidation sites excluding steroid dienone is 10.